The molecule has 1 atom stereocenters. The number of alkyl halides is 3. The smallest absolute Gasteiger partial charge is 0.416 e. The summed E-state index contributed by atoms with van der Waals surface area (Å²) in [5, 5.41) is 12.2. The minimum absolute atomic E-state index is 0.0297. The fourth-order valence-corrected chi connectivity index (χ4v) is 2.11. The molecule has 1 unspecified atom stereocenters. The highest BCUT2D eigenvalue weighted by Crippen LogP contribution is 2.34. The van der Waals surface area contributed by atoms with Crippen molar-refractivity contribution in [3.63, 3.8) is 0 Å². The van der Waals surface area contributed by atoms with Gasteiger partial charge in [-0.3, -0.25) is 0 Å². The summed E-state index contributed by atoms with van der Waals surface area (Å²) < 4.78 is 43.6. The molecule has 128 valence electrons. The van der Waals surface area contributed by atoms with Crippen LogP contribution in [0.2, 0.25) is 0 Å². The molecule has 1 amide bonds. The number of hydrogen-bond donors (Lipinski definition) is 2. The molecule has 0 aliphatic rings. The molecule has 0 bridgehead atoms. The molecule has 0 saturated heterocycles. The van der Waals surface area contributed by atoms with Crippen molar-refractivity contribution < 1.29 is 27.8 Å². The van der Waals surface area contributed by atoms with Crippen molar-refractivity contribution in [1.29, 1.82) is 0 Å². The molecule has 2 aromatic carbocycles. The second kappa shape index (κ2) is 7.83. The van der Waals surface area contributed by atoms with E-state index in [1.54, 1.807) is 24.3 Å². The van der Waals surface area contributed by atoms with Crippen LogP contribution in [0.5, 0.6) is 0 Å². The second-order valence-corrected chi connectivity index (χ2v) is 5.04. The van der Waals surface area contributed by atoms with Gasteiger partial charge in [0.25, 0.3) is 0 Å². The monoisotopic (exact) mass is 339 g/mol. The number of halogens is 3. The molecule has 2 N–H and O–H groups in total. The summed E-state index contributed by atoms with van der Waals surface area (Å²) in [4.78, 5) is 11.6. The van der Waals surface area contributed by atoms with Gasteiger partial charge in [-0.2, -0.15) is 13.2 Å². The zero-order chi connectivity index (χ0) is 17.6. The van der Waals surface area contributed by atoms with Crippen LogP contribution in [0.1, 0.15) is 22.8 Å². The Bertz CT molecular complexity index is 674. The molecular formula is C17H16F3NO3. The molecule has 0 saturated carbocycles. The van der Waals surface area contributed by atoms with E-state index in [4.69, 9.17) is 4.74 Å². The number of nitrogens with one attached hydrogen (secondary N) is 1. The minimum Gasteiger partial charge on any atom is -0.445 e. The lowest BCUT2D eigenvalue weighted by molar-refractivity contribution is -0.139. The third-order valence-electron chi connectivity index (χ3n) is 3.28. The lowest BCUT2D eigenvalue weighted by atomic mass is 10.0. The molecule has 0 spiro atoms. The normalized spacial score (nSPS) is 12.5. The zero-order valence-electron chi connectivity index (χ0n) is 12.6. The predicted molar refractivity (Wildman–Crippen MR) is 81.0 cm³/mol. The summed E-state index contributed by atoms with van der Waals surface area (Å²) in [6.07, 6.45) is -6.89. The molecule has 0 aromatic heterocycles. The molecule has 0 aliphatic heterocycles. The van der Waals surface area contributed by atoms with E-state index in [1.165, 1.54) is 18.2 Å². The fourth-order valence-electron chi connectivity index (χ4n) is 2.11. The van der Waals surface area contributed by atoms with Crippen LogP contribution in [-0.2, 0) is 17.5 Å². The quantitative estimate of drug-likeness (QED) is 0.874. The number of ether oxygens (including phenoxy) is 1. The highest BCUT2D eigenvalue weighted by molar-refractivity contribution is 5.67. The predicted octanol–water partition coefficient (Wildman–Crippen LogP) is 3.67. The van der Waals surface area contributed by atoms with Crippen LogP contribution < -0.4 is 5.32 Å². The fraction of sp³-hybridized carbons (Fsp3) is 0.235. The van der Waals surface area contributed by atoms with E-state index < -0.39 is 23.9 Å². The molecule has 2 aromatic rings. The molecule has 2 rings (SSSR count). The number of hydrogen-bond acceptors (Lipinski definition) is 3. The molecule has 24 heavy (non-hydrogen) atoms. The number of rotatable bonds is 5. The van der Waals surface area contributed by atoms with Crippen molar-refractivity contribution in [2.45, 2.75) is 18.9 Å². The first-order valence-electron chi connectivity index (χ1n) is 7.16. The van der Waals surface area contributed by atoms with Crippen molar-refractivity contribution >= 4 is 6.09 Å². The first-order valence-corrected chi connectivity index (χ1v) is 7.16. The minimum atomic E-state index is -4.58. The molecular weight excluding hydrogens is 323 g/mol. The number of alkyl carbamates (subject to hydrolysis) is 1. The average Bonchev–Trinajstić information content (AvgIpc) is 2.58. The first-order chi connectivity index (χ1) is 11.4. The maximum atomic E-state index is 12.9. The Morgan fingerprint density at radius 1 is 1.08 bits per heavy atom. The van der Waals surface area contributed by atoms with E-state index >= 15 is 0 Å². The Kier molecular flexibility index (Phi) is 5.81. The van der Waals surface area contributed by atoms with Gasteiger partial charge in [-0.1, -0.05) is 48.5 Å². The maximum absolute atomic E-state index is 12.9. The number of carbonyl (C=O) groups is 1. The van der Waals surface area contributed by atoms with Crippen molar-refractivity contribution in [3.05, 3.63) is 71.3 Å². The Morgan fingerprint density at radius 3 is 2.38 bits per heavy atom. The summed E-state index contributed by atoms with van der Waals surface area (Å²) in [6.45, 7) is -0.359. The van der Waals surface area contributed by atoms with Crippen LogP contribution in [0.25, 0.3) is 0 Å². The van der Waals surface area contributed by atoms with Crippen LogP contribution in [0.15, 0.2) is 54.6 Å². The van der Waals surface area contributed by atoms with Crippen molar-refractivity contribution in [2.24, 2.45) is 0 Å². The van der Waals surface area contributed by atoms with E-state index in [-0.39, 0.29) is 18.7 Å². The number of amides is 1. The van der Waals surface area contributed by atoms with Gasteiger partial charge in [-0.25, -0.2) is 4.79 Å². The largest absolute Gasteiger partial charge is 0.445 e. The van der Waals surface area contributed by atoms with Crippen molar-refractivity contribution in [1.82, 2.24) is 5.32 Å². The van der Waals surface area contributed by atoms with Crippen molar-refractivity contribution in [2.75, 3.05) is 6.54 Å². The Balaban J connectivity index is 1.89. The third-order valence-corrected chi connectivity index (χ3v) is 3.28. The summed E-state index contributed by atoms with van der Waals surface area (Å²) in [5.74, 6) is 0. The van der Waals surface area contributed by atoms with Gasteiger partial charge in [0.05, 0.1) is 18.2 Å². The Labute approximate surface area is 136 Å². The van der Waals surface area contributed by atoms with Crippen LogP contribution in [0.4, 0.5) is 18.0 Å². The highest BCUT2D eigenvalue weighted by atomic mass is 19.4. The summed E-state index contributed by atoms with van der Waals surface area (Å²) >= 11 is 0. The molecule has 0 heterocycles. The summed E-state index contributed by atoms with van der Waals surface area (Å²) in [5.41, 5.74) is -0.457. The van der Waals surface area contributed by atoms with Gasteiger partial charge in [0.2, 0.25) is 0 Å². The van der Waals surface area contributed by atoms with Gasteiger partial charge in [0, 0.05) is 0 Å². The zero-order valence-corrected chi connectivity index (χ0v) is 12.6. The van der Waals surface area contributed by atoms with E-state index in [9.17, 15) is 23.1 Å². The van der Waals surface area contributed by atoms with Gasteiger partial charge in [-0.05, 0) is 17.2 Å². The molecule has 0 radical (unpaired) electrons. The molecule has 7 heteroatoms. The van der Waals surface area contributed by atoms with Gasteiger partial charge in [0.15, 0.2) is 0 Å². The van der Waals surface area contributed by atoms with Crippen LogP contribution in [-0.4, -0.2) is 17.7 Å². The van der Waals surface area contributed by atoms with Gasteiger partial charge in [-0.15, -0.1) is 0 Å². The maximum Gasteiger partial charge on any atom is 0.416 e. The highest BCUT2D eigenvalue weighted by Gasteiger charge is 2.34. The first kappa shape index (κ1) is 17.8. The summed E-state index contributed by atoms with van der Waals surface area (Å²) in [6, 6.07) is 13.6. The van der Waals surface area contributed by atoms with Gasteiger partial charge >= 0.3 is 12.3 Å². The Morgan fingerprint density at radius 2 is 1.71 bits per heavy atom. The lowest BCUT2D eigenvalue weighted by Gasteiger charge is -2.17. The van der Waals surface area contributed by atoms with Crippen molar-refractivity contribution in [3.8, 4) is 0 Å². The van der Waals surface area contributed by atoms with Crippen LogP contribution in [0.3, 0.4) is 0 Å². The van der Waals surface area contributed by atoms with E-state index in [0.717, 1.165) is 11.6 Å². The van der Waals surface area contributed by atoms with Crippen LogP contribution in [0, 0.1) is 0 Å². The molecule has 0 fully saturated rings. The number of carbonyl (C=O) groups excluding carboxylic acids is 1. The van der Waals surface area contributed by atoms with E-state index in [2.05, 4.69) is 5.32 Å². The second-order valence-electron chi connectivity index (χ2n) is 5.04. The van der Waals surface area contributed by atoms with Gasteiger partial charge in [0.1, 0.15) is 6.61 Å². The standard InChI is InChI=1S/C17H16F3NO3/c18-17(19,20)14-9-5-4-8-13(14)15(22)10-21-16(23)24-11-12-6-2-1-3-7-12/h1-9,15,22H,10-11H2,(H,21,23). The topological polar surface area (TPSA) is 58.6 Å². The average molecular weight is 339 g/mol. The lowest BCUT2D eigenvalue weighted by Crippen LogP contribution is -2.29. The third kappa shape index (κ3) is 4.99. The molecule has 0 aliphatic carbocycles. The molecule has 4 nitrogen and oxygen atoms in total. The number of aliphatic hydroxyl groups excluding tert-OH is 1. The van der Waals surface area contributed by atoms with Gasteiger partial charge < -0.3 is 15.2 Å². The van der Waals surface area contributed by atoms with Crippen LogP contribution >= 0.6 is 0 Å². The number of benzene rings is 2. The summed E-state index contributed by atoms with van der Waals surface area (Å²) in [7, 11) is 0. The van der Waals surface area contributed by atoms with E-state index in [1.807, 2.05) is 6.07 Å². The number of aliphatic hydroxyl groups is 1. The van der Waals surface area contributed by atoms with E-state index in [0.29, 0.717) is 0 Å². The SMILES string of the molecule is O=C(NCC(O)c1ccccc1C(F)(F)F)OCc1ccccc1. The Hall–Kier alpha value is -2.54.